The normalized spacial score (nSPS) is 18.7. The molecule has 0 aliphatic carbocycles. The Morgan fingerprint density at radius 1 is 0.943 bits per heavy atom. The van der Waals surface area contributed by atoms with Gasteiger partial charge in [0.2, 0.25) is 0 Å². The number of fused-ring (bicyclic) bond motifs is 1. The number of halogens is 4. The van der Waals surface area contributed by atoms with E-state index < -0.39 is 19.1 Å². The van der Waals surface area contributed by atoms with Crippen LogP contribution in [0.4, 0.5) is 17.6 Å². The van der Waals surface area contributed by atoms with Crippen LogP contribution in [0.25, 0.3) is 10.8 Å². The lowest BCUT2D eigenvalue weighted by molar-refractivity contribution is -0.206. The number of benzene rings is 3. The van der Waals surface area contributed by atoms with Gasteiger partial charge in [0, 0.05) is 16.9 Å². The second-order valence-electron chi connectivity index (χ2n) is 9.07. The summed E-state index contributed by atoms with van der Waals surface area (Å²) in [5.74, 6) is 0.320. The van der Waals surface area contributed by atoms with Crippen molar-refractivity contribution in [3.8, 4) is 5.75 Å². The van der Waals surface area contributed by atoms with E-state index in [0.717, 1.165) is 29.4 Å². The van der Waals surface area contributed by atoms with Crippen LogP contribution in [0.15, 0.2) is 54.6 Å². The summed E-state index contributed by atoms with van der Waals surface area (Å²) in [5.41, 5.74) is 2.36. The third-order valence-electron chi connectivity index (χ3n) is 6.27. The van der Waals surface area contributed by atoms with Crippen molar-refractivity contribution in [3.05, 3.63) is 77.1 Å². The first-order chi connectivity index (χ1) is 16.8. The van der Waals surface area contributed by atoms with E-state index in [4.69, 9.17) is 14.2 Å². The summed E-state index contributed by atoms with van der Waals surface area (Å²) in [6.45, 7) is 2.19. The first-order valence-corrected chi connectivity index (χ1v) is 12.0. The molecule has 1 saturated heterocycles. The molecule has 7 heteroatoms. The maximum atomic E-state index is 15.2. The zero-order valence-electron chi connectivity index (χ0n) is 19.7. The molecule has 3 nitrogen and oxygen atoms in total. The van der Waals surface area contributed by atoms with E-state index in [9.17, 15) is 13.2 Å². The van der Waals surface area contributed by atoms with Crippen LogP contribution in [-0.2, 0) is 22.3 Å². The van der Waals surface area contributed by atoms with E-state index in [1.54, 1.807) is 24.3 Å². The molecule has 0 atom stereocenters. The highest BCUT2D eigenvalue weighted by Crippen LogP contribution is 2.31. The smallest absolute Gasteiger partial charge is 0.422 e. The lowest BCUT2D eigenvalue weighted by Gasteiger charge is -2.29. The summed E-state index contributed by atoms with van der Waals surface area (Å²) in [6.07, 6.45) is -0.343. The summed E-state index contributed by atoms with van der Waals surface area (Å²) in [6, 6.07) is 15.6. The molecule has 1 aliphatic heterocycles. The number of ether oxygens (including phenoxy) is 3. The average Bonchev–Trinajstić information content (AvgIpc) is 2.86. The quantitative estimate of drug-likeness (QED) is 0.290. The Morgan fingerprint density at radius 2 is 1.69 bits per heavy atom. The molecule has 0 amide bonds. The fourth-order valence-corrected chi connectivity index (χ4v) is 4.29. The van der Waals surface area contributed by atoms with Crippen LogP contribution in [0.1, 0.15) is 49.2 Å². The standard InChI is InChI=1S/C28H30F4O3/c1-2-3-4-20-16-33-27(34-17-20)23-11-14-25-22(15-23)10-9-21(26(25)29)8-5-19-6-12-24(13-7-19)35-18-28(30,31)32/h6-7,9-15,20,27H,2-5,8,16-18H2,1H3. The molecule has 35 heavy (non-hydrogen) atoms. The second kappa shape index (κ2) is 11.4. The minimum absolute atomic E-state index is 0.154. The van der Waals surface area contributed by atoms with E-state index in [0.29, 0.717) is 42.9 Å². The van der Waals surface area contributed by atoms with Crippen LogP contribution < -0.4 is 4.74 Å². The molecule has 4 rings (SSSR count). The SMILES string of the molecule is CCCCC1COC(c2ccc3c(F)c(CCc4ccc(OCC(F)(F)F)cc4)ccc3c2)OC1. The molecule has 0 radical (unpaired) electrons. The largest absolute Gasteiger partial charge is 0.484 e. The van der Waals surface area contributed by atoms with Crippen LogP contribution in [0.3, 0.4) is 0 Å². The summed E-state index contributed by atoms with van der Waals surface area (Å²) >= 11 is 0. The molecular weight excluding hydrogens is 460 g/mol. The van der Waals surface area contributed by atoms with Gasteiger partial charge in [-0.25, -0.2) is 4.39 Å². The Bertz CT molecular complexity index is 1100. The van der Waals surface area contributed by atoms with Crippen molar-refractivity contribution < 1.29 is 31.8 Å². The molecule has 0 saturated carbocycles. The fourth-order valence-electron chi connectivity index (χ4n) is 4.29. The molecule has 1 heterocycles. The second-order valence-corrected chi connectivity index (χ2v) is 9.07. The van der Waals surface area contributed by atoms with Crippen molar-refractivity contribution in [1.82, 2.24) is 0 Å². The first-order valence-electron chi connectivity index (χ1n) is 12.0. The average molecular weight is 491 g/mol. The number of hydrogen-bond donors (Lipinski definition) is 0. The predicted octanol–water partition coefficient (Wildman–Crippen LogP) is 7.56. The molecular formula is C28H30F4O3. The van der Waals surface area contributed by atoms with Crippen LogP contribution in [-0.4, -0.2) is 26.0 Å². The van der Waals surface area contributed by atoms with Gasteiger partial charge in [0.25, 0.3) is 0 Å². The maximum absolute atomic E-state index is 15.2. The van der Waals surface area contributed by atoms with Gasteiger partial charge in [-0.05, 0) is 54.0 Å². The summed E-state index contributed by atoms with van der Waals surface area (Å²) in [4.78, 5) is 0. The van der Waals surface area contributed by atoms with E-state index in [-0.39, 0.29) is 11.6 Å². The number of rotatable bonds is 9. The molecule has 3 aromatic rings. The highest BCUT2D eigenvalue weighted by Gasteiger charge is 2.28. The number of hydrogen-bond acceptors (Lipinski definition) is 3. The summed E-state index contributed by atoms with van der Waals surface area (Å²) in [7, 11) is 0. The third-order valence-corrected chi connectivity index (χ3v) is 6.27. The van der Waals surface area contributed by atoms with E-state index in [1.807, 2.05) is 18.2 Å². The number of unbranched alkanes of at least 4 members (excludes halogenated alkanes) is 1. The Kier molecular flexibility index (Phi) is 8.29. The zero-order chi connectivity index (χ0) is 24.8. The summed E-state index contributed by atoms with van der Waals surface area (Å²) < 4.78 is 68.6. The monoisotopic (exact) mass is 490 g/mol. The maximum Gasteiger partial charge on any atom is 0.422 e. The molecule has 0 spiro atoms. The molecule has 188 valence electrons. The Hall–Kier alpha value is -2.64. The van der Waals surface area contributed by atoms with E-state index in [2.05, 4.69) is 6.92 Å². The van der Waals surface area contributed by atoms with Crippen molar-refractivity contribution in [2.24, 2.45) is 5.92 Å². The molecule has 0 unspecified atom stereocenters. The zero-order valence-corrected chi connectivity index (χ0v) is 19.7. The van der Waals surface area contributed by atoms with Gasteiger partial charge in [-0.15, -0.1) is 0 Å². The van der Waals surface area contributed by atoms with Gasteiger partial charge in [0.1, 0.15) is 11.6 Å². The fraction of sp³-hybridized carbons (Fsp3) is 0.429. The number of alkyl halides is 3. The van der Waals surface area contributed by atoms with Crippen molar-refractivity contribution in [1.29, 1.82) is 0 Å². The predicted molar refractivity (Wildman–Crippen MR) is 127 cm³/mol. The molecule has 0 N–H and O–H groups in total. The van der Waals surface area contributed by atoms with Gasteiger partial charge in [0.05, 0.1) is 13.2 Å². The first kappa shape index (κ1) is 25.5. The minimum atomic E-state index is -4.37. The van der Waals surface area contributed by atoms with E-state index in [1.165, 1.54) is 18.6 Å². The van der Waals surface area contributed by atoms with E-state index >= 15 is 4.39 Å². The molecule has 0 aromatic heterocycles. The van der Waals surface area contributed by atoms with Crippen LogP contribution >= 0.6 is 0 Å². The molecule has 1 aliphatic rings. The minimum Gasteiger partial charge on any atom is -0.484 e. The van der Waals surface area contributed by atoms with Gasteiger partial charge < -0.3 is 14.2 Å². The number of aryl methyl sites for hydroxylation is 2. The van der Waals surface area contributed by atoms with Gasteiger partial charge >= 0.3 is 6.18 Å². The van der Waals surface area contributed by atoms with Crippen LogP contribution in [0.5, 0.6) is 5.75 Å². The molecule has 1 fully saturated rings. The molecule has 3 aromatic carbocycles. The van der Waals surface area contributed by atoms with Crippen molar-refractivity contribution in [2.45, 2.75) is 51.5 Å². The highest BCUT2D eigenvalue weighted by molar-refractivity contribution is 5.84. The Balaban J connectivity index is 1.36. The van der Waals surface area contributed by atoms with Crippen LogP contribution in [0, 0.1) is 11.7 Å². The lowest BCUT2D eigenvalue weighted by atomic mass is 9.98. The van der Waals surface area contributed by atoms with Crippen LogP contribution in [0.2, 0.25) is 0 Å². The highest BCUT2D eigenvalue weighted by atomic mass is 19.4. The third kappa shape index (κ3) is 6.95. The summed E-state index contributed by atoms with van der Waals surface area (Å²) in [5, 5.41) is 1.33. The Morgan fingerprint density at radius 3 is 2.37 bits per heavy atom. The van der Waals surface area contributed by atoms with Crippen molar-refractivity contribution in [2.75, 3.05) is 19.8 Å². The lowest BCUT2D eigenvalue weighted by Crippen LogP contribution is -2.27. The van der Waals surface area contributed by atoms with Gasteiger partial charge in [-0.2, -0.15) is 13.2 Å². The topological polar surface area (TPSA) is 27.7 Å². The van der Waals surface area contributed by atoms with Gasteiger partial charge in [0.15, 0.2) is 12.9 Å². The van der Waals surface area contributed by atoms with Gasteiger partial charge in [-0.3, -0.25) is 0 Å². The van der Waals surface area contributed by atoms with Crippen molar-refractivity contribution in [3.63, 3.8) is 0 Å². The Labute approximate surface area is 203 Å². The van der Waals surface area contributed by atoms with Gasteiger partial charge in [-0.1, -0.05) is 56.2 Å². The molecule has 0 bridgehead atoms. The van der Waals surface area contributed by atoms with Crippen molar-refractivity contribution >= 4 is 10.8 Å².